The van der Waals surface area contributed by atoms with Crippen molar-refractivity contribution < 1.29 is 19.1 Å². The van der Waals surface area contributed by atoms with Gasteiger partial charge in [0.15, 0.2) is 12.6 Å². The summed E-state index contributed by atoms with van der Waals surface area (Å²) in [5.74, 6) is -0.812. The van der Waals surface area contributed by atoms with Gasteiger partial charge < -0.3 is 14.8 Å². The zero-order valence-electron chi connectivity index (χ0n) is 13.1. The van der Waals surface area contributed by atoms with Crippen LogP contribution in [0.15, 0.2) is 46.9 Å². The number of esters is 1. The molecule has 2 aromatic carbocycles. The Labute approximate surface area is 163 Å². The second kappa shape index (κ2) is 9.08. The fraction of sp³-hybridized carbons (Fsp3) is 0.176. The van der Waals surface area contributed by atoms with E-state index < -0.39 is 17.9 Å². The van der Waals surface area contributed by atoms with Gasteiger partial charge in [-0.15, -0.1) is 0 Å². The predicted molar refractivity (Wildman–Crippen MR) is 99.0 cm³/mol. The van der Waals surface area contributed by atoms with Crippen molar-refractivity contribution in [2.24, 2.45) is 0 Å². The first-order valence-corrected chi connectivity index (χ1v) is 8.66. The minimum absolute atomic E-state index is 0.280. The maximum absolute atomic E-state index is 12.2. The summed E-state index contributed by atoms with van der Waals surface area (Å²) in [7, 11) is 1.25. The first kappa shape index (κ1) is 19.6. The number of nitrogens with one attached hydrogen (secondary N) is 1. The molecule has 2 rings (SSSR count). The second-order valence-corrected chi connectivity index (χ2v) is 6.70. The number of methoxy groups -OCH3 is 1. The van der Waals surface area contributed by atoms with Gasteiger partial charge in [-0.3, -0.25) is 4.79 Å². The van der Waals surface area contributed by atoms with Gasteiger partial charge in [0.1, 0.15) is 5.75 Å². The number of carbonyl (C=O) groups is 2. The monoisotopic (exact) mass is 445 g/mol. The third kappa shape index (κ3) is 5.63. The van der Waals surface area contributed by atoms with E-state index in [1.165, 1.54) is 13.2 Å². The molecule has 0 aliphatic carbocycles. The highest BCUT2D eigenvalue weighted by Crippen LogP contribution is 2.27. The summed E-state index contributed by atoms with van der Waals surface area (Å²) in [5, 5.41) is 3.34. The third-order valence-electron chi connectivity index (χ3n) is 3.20. The molecule has 25 heavy (non-hydrogen) atoms. The van der Waals surface area contributed by atoms with Gasteiger partial charge in [-0.2, -0.15) is 0 Å². The van der Waals surface area contributed by atoms with Crippen LogP contribution in [0.3, 0.4) is 0 Å². The Balaban J connectivity index is 2.05. The molecule has 1 N–H and O–H groups in total. The quantitative estimate of drug-likeness (QED) is 0.676. The Morgan fingerprint density at radius 2 is 1.84 bits per heavy atom. The van der Waals surface area contributed by atoms with E-state index in [0.717, 1.165) is 4.47 Å². The Hall–Kier alpha value is -1.76. The predicted octanol–water partition coefficient (Wildman–Crippen LogP) is 4.17. The van der Waals surface area contributed by atoms with Crippen molar-refractivity contribution >= 4 is 51.0 Å². The first-order valence-electron chi connectivity index (χ1n) is 7.11. The van der Waals surface area contributed by atoms with Crippen LogP contribution >= 0.6 is 39.1 Å². The van der Waals surface area contributed by atoms with Crippen molar-refractivity contribution in [3.05, 3.63) is 62.5 Å². The average Bonchev–Trinajstić information content (AvgIpc) is 2.60. The fourth-order valence-electron chi connectivity index (χ4n) is 1.99. The van der Waals surface area contributed by atoms with Crippen LogP contribution in [0.5, 0.6) is 5.75 Å². The summed E-state index contributed by atoms with van der Waals surface area (Å²) < 4.78 is 11.0. The van der Waals surface area contributed by atoms with Gasteiger partial charge in [0.2, 0.25) is 0 Å². The Morgan fingerprint density at radius 3 is 2.48 bits per heavy atom. The molecular weight excluding hydrogens is 433 g/mol. The van der Waals surface area contributed by atoms with Crippen molar-refractivity contribution in [1.82, 2.24) is 5.32 Å². The van der Waals surface area contributed by atoms with E-state index in [1.54, 1.807) is 36.4 Å². The van der Waals surface area contributed by atoms with Crippen LogP contribution in [-0.4, -0.2) is 25.6 Å². The van der Waals surface area contributed by atoms with Crippen LogP contribution in [0, 0.1) is 0 Å². The highest BCUT2D eigenvalue weighted by molar-refractivity contribution is 9.10. The van der Waals surface area contributed by atoms with Crippen LogP contribution in [0.25, 0.3) is 0 Å². The first-order chi connectivity index (χ1) is 11.9. The molecular formula is C17H14BrCl2NO4. The van der Waals surface area contributed by atoms with Gasteiger partial charge in [-0.05, 0) is 29.8 Å². The molecule has 0 radical (unpaired) electrons. The highest BCUT2D eigenvalue weighted by atomic mass is 79.9. The lowest BCUT2D eigenvalue weighted by molar-refractivity contribution is -0.145. The summed E-state index contributed by atoms with van der Waals surface area (Å²) >= 11 is 15.2. The van der Waals surface area contributed by atoms with E-state index in [0.29, 0.717) is 15.6 Å². The number of hydrogen-bond acceptors (Lipinski definition) is 4. The molecule has 5 nitrogen and oxygen atoms in total. The summed E-state index contributed by atoms with van der Waals surface area (Å²) in [6.07, 6.45) is 0. The van der Waals surface area contributed by atoms with Crippen LogP contribution in [0.1, 0.15) is 11.6 Å². The third-order valence-corrected chi connectivity index (χ3v) is 4.27. The van der Waals surface area contributed by atoms with Crippen molar-refractivity contribution in [3.8, 4) is 5.75 Å². The maximum Gasteiger partial charge on any atom is 0.333 e. The van der Waals surface area contributed by atoms with Crippen LogP contribution in [-0.2, 0) is 14.3 Å². The summed E-state index contributed by atoms with van der Waals surface area (Å²) in [5.41, 5.74) is 0.587. The van der Waals surface area contributed by atoms with Crippen molar-refractivity contribution in [2.45, 2.75) is 6.04 Å². The Bertz CT molecular complexity index is 768. The van der Waals surface area contributed by atoms with Crippen LogP contribution < -0.4 is 10.1 Å². The molecule has 0 fully saturated rings. The number of amides is 1. The van der Waals surface area contributed by atoms with Gasteiger partial charge in [0.25, 0.3) is 5.91 Å². The molecule has 1 amide bonds. The molecule has 1 atom stereocenters. The Morgan fingerprint density at radius 1 is 1.16 bits per heavy atom. The van der Waals surface area contributed by atoms with Gasteiger partial charge in [-0.25, -0.2) is 4.79 Å². The lowest BCUT2D eigenvalue weighted by Gasteiger charge is -2.17. The molecule has 0 aromatic heterocycles. The van der Waals surface area contributed by atoms with E-state index in [9.17, 15) is 9.59 Å². The number of carbonyl (C=O) groups excluding carboxylic acids is 2. The molecule has 1 unspecified atom stereocenters. The van der Waals surface area contributed by atoms with E-state index in [-0.39, 0.29) is 12.4 Å². The van der Waals surface area contributed by atoms with Crippen molar-refractivity contribution in [2.75, 3.05) is 13.7 Å². The van der Waals surface area contributed by atoms with E-state index >= 15 is 0 Å². The van der Waals surface area contributed by atoms with E-state index in [1.807, 2.05) is 0 Å². The normalized spacial score (nSPS) is 11.5. The molecule has 0 saturated carbocycles. The number of hydrogen-bond donors (Lipinski definition) is 1. The van der Waals surface area contributed by atoms with Crippen molar-refractivity contribution in [1.29, 1.82) is 0 Å². The summed E-state index contributed by atoms with van der Waals surface area (Å²) in [6.45, 7) is -0.329. The summed E-state index contributed by atoms with van der Waals surface area (Å²) in [6, 6.07) is 10.7. The molecule has 132 valence electrons. The molecule has 0 heterocycles. The van der Waals surface area contributed by atoms with Crippen LogP contribution in [0.2, 0.25) is 10.0 Å². The molecule has 0 aliphatic heterocycles. The molecule has 2 aromatic rings. The SMILES string of the molecule is COC(=O)C(NC(=O)COc1cc(Cl)ccc1Cl)c1ccc(Br)cc1. The largest absolute Gasteiger partial charge is 0.482 e. The lowest BCUT2D eigenvalue weighted by atomic mass is 10.1. The minimum Gasteiger partial charge on any atom is -0.482 e. The molecule has 0 aliphatic rings. The number of ether oxygens (including phenoxy) is 2. The fourth-order valence-corrected chi connectivity index (χ4v) is 2.58. The van der Waals surface area contributed by atoms with Gasteiger partial charge in [0, 0.05) is 15.6 Å². The Kier molecular flexibility index (Phi) is 7.11. The maximum atomic E-state index is 12.2. The zero-order chi connectivity index (χ0) is 18.4. The standard InChI is InChI=1S/C17H14BrCl2NO4/c1-24-17(23)16(10-2-4-11(18)5-3-10)21-15(22)9-25-14-8-12(19)6-7-13(14)20/h2-8,16H,9H2,1H3,(H,21,22). The lowest BCUT2D eigenvalue weighted by Crippen LogP contribution is -2.37. The van der Waals surface area contributed by atoms with Crippen LogP contribution in [0.4, 0.5) is 0 Å². The molecule has 0 bridgehead atoms. The molecule has 0 saturated heterocycles. The number of halogens is 3. The van der Waals surface area contributed by atoms with Gasteiger partial charge in [0.05, 0.1) is 12.1 Å². The van der Waals surface area contributed by atoms with E-state index in [4.69, 9.17) is 32.7 Å². The smallest absolute Gasteiger partial charge is 0.333 e. The van der Waals surface area contributed by atoms with E-state index in [2.05, 4.69) is 21.2 Å². The van der Waals surface area contributed by atoms with Gasteiger partial charge >= 0.3 is 5.97 Å². The zero-order valence-corrected chi connectivity index (χ0v) is 16.2. The van der Waals surface area contributed by atoms with Gasteiger partial charge in [-0.1, -0.05) is 51.3 Å². The summed E-state index contributed by atoms with van der Waals surface area (Å²) in [4.78, 5) is 24.1. The number of rotatable bonds is 6. The topological polar surface area (TPSA) is 64.6 Å². The molecule has 0 spiro atoms. The number of benzene rings is 2. The minimum atomic E-state index is -0.941. The second-order valence-electron chi connectivity index (χ2n) is 4.94. The highest BCUT2D eigenvalue weighted by Gasteiger charge is 2.23. The average molecular weight is 447 g/mol. The molecule has 8 heteroatoms. The van der Waals surface area contributed by atoms with Crippen molar-refractivity contribution in [3.63, 3.8) is 0 Å².